The van der Waals surface area contributed by atoms with Gasteiger partial charge in [0, 0.05) is 13.7 Å². The predicted molar refractivity (Wildman–Crippen MR) is 86.0 cm³/mol. The van der Waals surface area contributed by atoms with E-state index in [4.69, 9.17) is 11.6 Å². The summed E-state index contributed by atoms with van der Waals surface area (Å²) in [5.41, 5.74) is 0.656. The van der Waals surface area contributed by atoms with Gasteiger partial charge in [-0.25, -0.2) is 4.98 Å². The quantitative estimate of drug-likeness (QED) is 0.315. The normalized spacial score (nSPS) is 10.3. The van der Waals surface area contributed by atoms with Gasteiger partial charge in [-0.2, -0.15) is 0 Å². The lowest BCUT2D eigenvalue weighted by Crippen LogP contribution is -1.97. The fourth-order valence-electron chi connectivity index (χ4n) is 1.37. The van der Waals surface area contributed by atoms with E-state index in [1.165, 1.54) is 12.1 Å². The third-order valence-corrected chi connectivity index (χ3v) is 4.71. The molecule has 1 heterocycles. The molecule has 0 atom stereocenters. The van der Waals surface area contributed by atoms with Crippen molar-refractivity contribution < 1.29 is 4.92 Å². The summed E-state index contributed by atoms with van der Waals surface area (Å²) < 4.78 is 1.99. The number of hydrogen-bond donors (Lipinski definition) is 1. The highest BCUT2D eigenvalue weighted by Gasteiger charge is 2.10. The number of nitrogens with zero attached hydrogens (tertiary/aromatic N) is 2. The zero-order valence-electron chi connectivity index (χ0n) is 9.23. The summed E-state index contributed by atoms with van der Waals surface area (Å²) in [4.78, 5) is 14.2. The standard InChI is InChI=1S/C11H6BrClIN3O2/c12-8-3-6(1-2-9(8)14)15-11-5-7(17(18)19)4-10(13)16-11/h1-5H,(H,15,16). The van der Waals surface area contributed by atoms with Crippen LogP contribution in [0.4, 0.5) is 17.2 Å². The molecule has 1 N–H and O–H groups in total. The molecule has 0 unspecified atom stereocenters. The maximum absolute atomic E-state index is 10.7. The molecule has 98 valence electrons. The molecule has 2 aromatic rings. The van der Waals surface area contributed by atoms with Gasteiger partial charge in [-0.3, -0.25) is 10.1 Å². The summed E-state index contributed by atoms with van der Waals surface area (Å²) in [7, 11) is 0. The van der Waals surface area contributed by atoms with E-state index in [1.54, 1.807) is 0 Å². The SMILES string of the molecule is O=[N+]([O-])c1cc(Cl)nc(Nc2ccc(I)c(Br)c2)c1. The molecule has 0 aliphatic heterocycles. The van der Waals surface area contributed by atoms with Crippen LogP contribution in [0.25, 0.3) is 0 Å². The number of aromatic nitrogens is 1. The van der Waals surface area contributed by atoms with Crippen molar-refractivity contribution in [2.75, 3.05) is 5.32 Å². The third kappa shape index (κ3) is 3.77. The first-order valence-electron chi connectivity index (χ1n) is 5.00. The van der Waals surface area contributed by atoms with Crippen LogP contribution in [0.3, 0.4) is 0 Å². The van der Waals surface area contributed by atoms with E-state index in [0.717, 1.165) is 13.7 Å². The molecule has 0 radical (unpaired) electrons. The minimum atomic E-state index is -0.511. The predicted octanol–water partition coefficient (Wildman–Crippen LogP) is 4.75. The zero-order chi connectivity index (χ0) is 14.0. The lowest BCUT2D eigenvalue weighted by Gasteiger charge is -2.07. The van der Waals surface area contributed by atoms with Crippen LogP contribution in [-0.4, -0.2) is 9.91 Å². The van der Waals surface area contributed by atoms with Crippen LogP contribution in [-0.2, 0) is 0 Å². The van der Waals surface area contributed by atoms with Crippen molar-refractivity contribution in [1.82, 2.24) is 4.98 Å². The van der Waals surface area contributed by atoms with Crippen molar-refractivity contribution in [1.29, 1.82) is 0 Å². The fourth-order valence-corrected chi connectivity index (χ4v) is 2.29. The van der Waals surface area contributed by atoms with E-state index in [-0.39, 0.29) is 10.8 Å². The molecule has 8 heteroatoms. The summed E-state index contributed by atoms with van der Waals surface area (Å²) in [6, 6.07) is 8.15. The smallest absolute Gasteiger partial charge is 0.276 e. The lowest BCUT2D eigenvalue weighted by atomic mass is 10.3. The molecule has 1 aromatic heterocycles. The van der Waals surface area contributed by atoms with Crippen LogP contribution in [0.15, 0.2) is 34.8 Å². The minimum absolute atomic E-state index is 0.0706. The van der Waals surface area contributed by atoms with Crippen LogP contribution in [0, 0.1) is 13.7 Å². The van der Waals surface area contributed by atoms with Gasteiger partial charge in [0.2, 0.25) is 0 Å². The van der Waals surface area contributed by atoms with Gasteiger partial charge in [0.25, 0.3) is 5.69 Å². The molecule has 0 saturated carbocycles. The number of pyridine rings is 1. The van der Waals surface area contributed by atoms with Crippen molar-refractivity contribution in [3.05, 3.63) is 53.6 Å². The van der Waals surface area contributed by atoms with E-state index in [9.17, 15) is 10.1 Å². The second kappa shape index (κ2) is 6.02. The van der Waals surface area contributed by atoms with Gasteiger partial charge in [0.15, 0.2) is 0 Å². The van der Waals surface area contributed by atoms with Crippen LogP contribution in [0.2, 0.25) is 5.15 Å². The first kappa shape index (κ1) is 14.5. The van der Waals surface area contributed by atoms with Gasteiger partial charge >= 0.3 is 0 Å². The van der Waals surface area contributed by atoms with Crippen LogP contribution in [0.5, 0.6) is 0 Å². The van der Waals surface area contributed by atoms with Gasteiger partial charge < -0.3 is 5.32 Å². The number of rotatable bonds is 3. The zero-order valence-corrected chi connectivity index (χ0v) is 13.7. The van der Waals surface area contributed by atoms with E-state index in [1.807, 2.05) is 18.2 Å². The van der Waals surface area contributed by atoms with E-state index >= 15 is 0 Å². The first-order chi connectivity index (χ1) is 8.95. The van der Waals surface area contributed by atoms with Gasteiger partial charge in [-0.15, -0.1) is 0 Å². The van der Waals surface area contributed by atoms with E-state index in [2.05, 4.69) is 48.8 Å². The number of halogens is 3. The molecule has 19 heavy (non-hydrogen) atoms. The van der Waals surface area contributed by atoms with Gasteiger partial charge in [0.1, 0.15) is 11.0 Å². The molecule has 1 aromatic carbocycles. The molecular formula is C11H6BrClIN3O2. The number of nitrogens with one attached hydrogen (secondary N) is 1. The molecule has 0 saturated heterocycles. The second-order valence-corrected chi connectivity index (χ2v) is 5.95. The monoisotopic (exact) mass is 453 g/mol. The van der Waals surface area contributed by atoms with Crippen LogP contribution >= 0.6 is 50.1 Å². The van der Waals surface area contributed by atoms with Crippen molar-refractivity contribution in [2.24, 2.45) is 0 Å². The minimum Gasteiger partial charge on any atom is -0.340 e. The average Bonchev–Trinajstić information content (AvgIpc) is 2.33. The Hall–Kier alpha value is -0.930. The molecule has 0 spiro atoms. The Bertz CT molecular complexity index is 654. The summed E-state index contributed by atoms with van der Waals surface area (Å²) in [6.07, 6.45) is 0. The topological polar surface area (TPSA) is 68.1 Å². The Morgan fingerprint density at radius 2 is 2.11 bits per heavy atom. The highest BCUT2D eigenvalue weighted by atomic mass is 127. The lowest BCUT2D eigenvalue weighted by molar-refractivity contribution is -0.384. The number of nitro groups is 1. The Kier molecular flexibility index (Phi) is 4.58. The maximum Gasteiger partial charge on any atom is 0.276 e. The third-order valence-electron chi connectivity index (χ3n) is 2.18. The Labute approximate surface area is 135 Å². The van der Waals surface area contributed by atoms with Crippen molar-refractivity contribution >= 4 is 67.3 Å². The molecule has 5 nitrogen and oxygen atoms in total. The summed E-state index contributed by atoms with van der Waals surface area (Å²) in [5, 5.41) is 13.8. The molecular weight excluding hydrogens is 448 g/mol. The molecule has 0 aliphatic rings. The van der Waals surface area contributed by atoms with E-state index in [0.29, 0.717) is 5.82 Å². The summed E-state index contributed by atoms with van der Waals surface area (Å²) in [5.74, 6) is 0.326. The van der Waals surface area contributed by atoms with Gasteiger partial charge in [-0.1, -0.05) is 11.6 Å². The van der Waals surface area contributed by atoms with Crippen LogP contribution < -0.4 is 5.32 Å². The van der Waals surface area contributed by atoms with E-state index < -0.39 is 4.92 Å². The first-order valence-corrected chi connectivity index (χ1v) is 7.25. The molecule has 0 amide bonds. The van der Waals surface area contributed by atoms with Gasteiger partial charge in [0.05, 0.1) is 17.1 Å². The highest BCUT2D eigenvalue weighted by Crippen LogP contribution is 2.27. The van der Waals surface area contributed by atoms with Crippen molar-refractivity contribution in [2.45, 2.75) is 0 Å². The second-order valence-electron chi connectivity index (χ2n) is 3.54. The summed E-state index contributed by atoms with van der Waals surface area (Å²) >= 11 is 11.4. The fraction of sp³-hybridized carbons (Fsp3) is 0. The van der Waals surface area contributed by atoms with Crippen molar-refractivity contribution in [3.63, 3.8) is 0 Å². The number of anilines is 2. The number of benzene rings is 1. The molecule has 0 bridgehead atoms. The van der Waals surface area contributed by atoms with Gasteiger partial charge in [-0.05, 0) is 56.7 Å². The average molecular weight is 454 g/mol. The molecule has 2 rings (SSSR count). The summed E-state index contributed by atoms with van der Waals surface area (Å²) in [6.45, 7) is 0. The Balaban J connectivity index is 2.32. The largest absolute Gasteiger partial charge is 0.340 e. The van der Waals surface area contributed by atoms with Crippen molar-refractivity contribution in [3.8, 4) is 0 Å². The molecule has 0 fully saturated rings. The highest BCUT2D eigenvalue weighted by molar-refractivity contribution is 14.1. The van der Waals surface area contributed by atoms with Crippen LogP contribution in [0.1, 0.15) is 0 Å². The Morgan fingerprint density at radius 3 is 2.74 bits per heavy atom. The Morgan fingerprint density at radius 1 is 1.37 bits per heavy atom. The maximum atomic E-state index is 10.7. The molecule has 0 aliphatic carbocycles. The number of hydrogen-bond acceptors (Lipinski definition) is 4.